The van der Waals surface area contributed by atoms with Gasteiger partial charge in [0.2, 0.25) is 5.91 Å². The minimum absolute atomic E-state index is 0.0760. The van der Waals surface area contributed by atoms with Gasteiger partial charge in [-0.3, -0.25) is 4.79 Å². The molecule has 1 aliphatic rings. The number of carbonyl (C=O) groups excluding carboxylic acids is 2. The summed E-state index contributed by atoms with van der Waals surface area (Å²) in [4.78, 5) is 26.0. The molecule has 0 aliphatic heterocycles. The summed E-state index contributed by atoms with van der Waals surface area (Å²) < 4.78 is 13.3. The molecule has 1 atom stereocenters. The topological polar surface area (TPSA) is 94.5 Å². The van der Waals surface area contributed by atoms with Gasteiger partial charge in [0.15, 0.2) is 0 Å². The average molecular weight is 571 g/mol. The number of carbonyl (C=O) groups is 2. The predicted octanol–water partition coefficient (Wildman–Crippen LogP) is 7.14. The highest BCUT2D eigenvalue weighted by Crippen LogP contribution is 2.32. The van der Waals surface area contributed by atoms with Crippen LogP contribution in [-0.4, -0.2) is 48.1 Å². The fourth-order valence-corrected chi connectivity index (χ4v) is 5.92. The van der Waals surface area contributed by atoms with Gasteiger partial charge in [-0.2, -0.15) is 5.10 Å². The molecule has 1 aromatic heterocycles. The fraction of sp³-hybridized carbons (Fsp3) is 0.645. The Morgan fingerprint density at radius 1 is 1.07 bits per heavy atom. The van der Waals surface area contributed by atoms with Crippen LogP contribution in [0, 0.1) is 25.7 Å². The van der Waals surface area contributed by atoms with Crippen molar-refractivity contribution in [3.05, 3.63) is 35.7 Å². The molecule has 1 saturated carbocycles. The smallest absolute Gasteiger partial charge is 0.408 e. The molecule has 1 aliphatic carbocycles. The minimum Gasteiger partial charge on any atom is -0.444 e. The highest BCUT2D eigenvalue weighted by molar-refractivity contribution is 6.76. The van der Waals surface area contributed by atoms with Gasteiger partial charge in [-0.1, -0.05) is 51.5 Å². The van der Waals surface area contributed by atoms with E-state index in [1.807, 2.05) is 56.6 Å². The molecule has 1 heterocycles. The van der Waals surface area contributed by atoms with E-state index in [0.29, 0.717) is 18.3 Å². The van der Waals surface area contributed by atoms with Crippen LogP contribution in [0.25, 0.3) is 11.1 Å². The summed E-state index contributed by atoms with van der Waals surface area (Å²) in [5.41, 5.74) is 4.16. The first kappa shape index (κ1) is 31.9. The lowest BCUT2D eigenvalue weighted by atomic mass is 9.79. The second-order valence-corrected chi connectivity index (χ2v) is 19.2. The number of rotatable bonds is 10. The van der Waals surface area contributed by atoms with Crippen molar-refractivity contribution in [3.63, 3.8) is 0 Å². The van der Waals surface area contributed by atoms with Crippen molar-refractivity contribution in [1.29, 1.82) is 0 Å². The van der Waals surface area contributed by atoms with Gasteiger partial charge in [0.1, 0.15) is 18.4 Å². The lowest BCUT2D eigenvalue weighted by Crippen LogP contribution is -2.50. The van der Waals surface area contributed by atoms with E-state index in [-0.39, 0.29) is 11.8 Å². The van der Waals surface area contributed by atoms with E-state index >= 15 is 0 Å². The Balaban J connectivity index is 1.69. The monoisotopic (exact) mass is 570 g/mol. The lowest BCUT2D eigenvalue weighted by molar-refractivity contribution is -0.119. The van der Waals surface area contributed by atoms with Crippen LogP contribution in [0.2, 0.25) is 25.7 Å². The molecule has 9 heteroatoms. The largest absolute Gasteiger partial charge is 0.444 e. The van der Waals surface area contributed by atoms with E-state index in [1.165, 1.54) is 0 Å². The Labute approximate surface area is 241 Å². The van der Waals surface area contributed by atoms with E-state index in [9.17, 15) is 9.59 Å². The van der Waals surface area contributed by atoms with Gasteiger partial charge in [-0.25, -0.2) is 9.48 Å². The summed E-state index contributed by atoms with van der Waals surface area (Å²) in [5.74, 6) is 0.503. The van der Waals surface area contributed by atoms with Crippen LogP contribution in [0.1, 0.15) is 64.8 Å². The highest BCUT2D eigenvalue weighted by atomic mass is 28.3. The van der Waals surface area contributed by atoms with E-state index in [0.717, 1.165) is 60.8 Å². The third-order valence-electron chi connectivity index (χ3n) is 7.52. The molecule has 222 valence electrons. The van der Waals surface area contributed by atoms with Crippen molar-refractivity contribution in [2.75, 3.05) is 11.9 Å². The quantitative estimate of drug-likeness (QED) is 0.234. The third kappa shape index (κ3) is 9.47. The molecule has 2 N–H and O–H groups in total. The number of ether oxygens (including phenoxy) is 2. The van der Waals surface area contributed by atoms with Crippen LogP contribution >= 0.6 is 0 Å². The first-order valence-electron chi connectivity index (χ1n) is 14.7. The Morgan fingerprint density at radius 3 is 2.27 bits per heavy atom. The number of anilines is 1. The van der Waals surface area contributed by atoms with E-state index < -0.39 is 25.8 Å². The SMILES string of the molecule is Cc1nn(COCC[Si](C)(C)C)c(C)c1-c1ccc(NC(=O)C(NC(=O)OC(C)(C)C)C2CCC(C)CC2)cc1. The normalized spacial score (nSPS) is 18.7. The van der Waals surface area contributed by atoms with E-state index in [1.54, 1.807) is 0 Å². The van der Waals surface area contributed by atoms with Crippen LogP contribution in [0.3, 0.4) is 0 Å². The molecule has 1 unspecified atom stereocenters. The molecule has 1 fully saturated rings. The molecule has 3 rings (SSSR count). The Kier molecular flexibility index (Phi) is 10.6. The molecular formula is C31H50N4O4Si. The first-order chi connectivity index (χ1) is 18.6. The zero-order valence-electron chi connectivity index (χ0n) is 26.0. The molecule has 2 aromatic rings. The number of hydrogen-bond donors (Lipinski definition) is 2. The zero-order valence-corrected chi connectivity index (χ0v) is 27.0. The van der Waals surface area contributed by atoms with Gasteiger partial charge in [0, 0.05) is 31.6 Å². The lowest BCUT2D eigenvalue weighted by Gasteiger charge is -2.33. The van der Waals surface area contributed by atoms with Crippen molar-refractivity contribution < 1.29 is 19.1 Å². The summed E-state index contributed by atoms with van der Waals surface area (Å²) >= 11 is 0. The molecular weight excluding hydrogens is 520 g/mol. The fourth-order valence-electron chi connectivity index (χ4n) is 5.16. The maximum Gasteiger partial charge on any atom is 0.408 e. The number of hydrogen-bond acceptors (Lipinski definition) is 5. The third-order valence-corrected chi connectivity index (χ3v) is 9.22. The molecule has 40 heavy (non-hydrogen) atoms. The molecule has 0 radical (unpaired) electrons. The van der Waals surface area contributed by atoms with Gasteiger partial charge in [0.05, 0.1) is 5.69 Å². The second-order valence-electron chi connectivity index (χ2n) is 13.6. The van der Waals surface area contributed by atoms with Gasteiger partial charge in [-0.05, 0) is 83.0 Å². The second kappa shape index (κ2) is 13.3. The number of nitrogens with one attached hydrogen (secondary N) is 2. The van der Waals surface area contributed by atoms with Crippen molar-refractivity contribution in [2.45, 2.75) is 111 Å². The molecule has 8 nitrogen and oxygen atoms in total. The zero-order chi connectivity index (χ0) is 29.7. The highest BCUT2D eigenvalue weighted by Gasteiger charge is 2.33. The number of benzene rings is 1. The summed E-state index contributed by atoms with van der Waals surface area (Å²) in [5, 5.41) is 10.6. The van der Waals surface area contributed by atoms with Gasteiger partial charge in [-0.15, -0.1) is 0 Å². The minimum atomic E-state index is -1.13. The number of nitrogens with zero attached hydrogens (tertiary/aromatic N) is 2. The number of aryl methyl sites for hydroxylation is 1. The molecule has 0 saturated heterocycles. The maximum absolute atomic E-state index is 13.4. The predicted molar refractivity (Wildman–Crippen MR) is 164 cm³/mol. The number of amides is 2. The van der Waals surface area contributed by atoms with Gasteiger partial charge >= 0.3 is 6.09 Å². The summed E-state index contributed by atoms with van der Waals surface area (Å²) in [6, 6.07) is 8.29. The molecule has 0 bridgehead atoms. The van der Waals surface area contributed by atoms with Crippen LogP contribution in [0.5, 0.6) is 0 Å². The Bertz CT molecular complexity index is 1140. The first-order valence-corrected chi connectivity index (χ1v) is 18.4. The molecule has 0 spiro atoms. The van der Waals surface area contributed by atoms with Crippen LogP contribution in [0.4, 0.5) is 10.5 Å². The van der Waals surface area contributed by atoms with Crippen LogP contribution < -0.4 is 10.6 Å². The summed E-state index contributed by atoms with van der Waals surface area (Å²) in [6.45, 7) is 20.0. The molecule has 1 aromatic carbocycles. The number of aromatic nitrogens is 2. The van der Waals surface area contributed by atoms with Crippen LogP contribution in [-0.2, 0) is 21.0 Å². The Morgan fingerprint density at radius 2 is 1.70 bits per heavy atom. The maximum atomic E-state index is 13.4. The van der Waals surface area contributed by atoms with Crippen molar-refractivity contribution in [3.8, 4) is 11.1 Å². The Hall–Kier alpha value is -2.65. The van der Waals surface area contributed by atoms with Gasteiger partial charge < -0.3 is 20.1 Å². The van der Waals surface area contributed by atoms with Crippen molar-refractivity contribution >= 4 is 25.8 Å². The number of alkyl carbamates (subject to hydrolysis) is 1. The average Bonchev–Trinajstić information content (AvgIpc) is 3.12. The van der Waals surface area contributed by atoms with Gasteiger partial charge in [0.25, 0.3) is 0 Å². The summed E-state index contributed by atoms with van der Waals surface area (Å²) in [6.07, 6.45) is 3.34. The standard InChI is InChI=1S/C31H50N4O4Si/c1-21-10-12-25(13-11-21)28(33-30(37)39-31(4,5)6)29(36)32-26-16-14-24(15-17-26)27-22(2)34-35(23(27)3)20-38-18-19-40(7,8)9/h14-17,21,25,28H,10-13,18-20H2,1-9H3,(H,32,36)(H,33,37). The van der Waals surface area contributed by atoms with E-state index in [2.05, 4.69) is 44.1 Å². The van der Waals surface area contributed by atoms with Crippen LogP contribution in [0.15, 0.2) is 24.3 Å². The van der Waals surface area contributed by atoms with Crippen molar-refractivity contribution in [1.82, 2.24) is 15.1 Å². The summed E-state index contributed by atoms with van der Waals surface area (Å²) in [7, 11) is -1.13. The van der Waals surface area contributed by atoms with E-state index in [4.69, 9.17) is 14.6 Å². The van der Waals surface area contributed by atoms with Crippen molar-refractivity contribution in [2.24, 2.45) is 11.8 Å². The molecule has 2 amide bonds.